The zero-order valence-corrected chi connectivity index (χ0v) is 24.5. The number of hydrogen-bond donors (Lipinski definition) is 1. The highest BCUT2D eigenvalue weighted by Gasteiger charge is 2.67. The number of hydrogen-bond acceptors (Lipinski definition) is 9. The quantitative estimate of drug-likeness (QED) is 0.473. The van der Waals surface area contributed by atoms with Gasteiger partial charge in [0.2, 0.25) is 0 Å². The Morgan fingerprint density at radius 1 is 1.05 bits per heavy atom. The van der Waals surface area contributed by atoms with Crippen molar-refractivity contribution in [2.45, 2.75) is 89.9 Å². The molecular weight excluding hydrogens is 538 g/mol. The zero-order chi connectivity index (χ0) is 29.4. The summed E-state index contributed by atoms with van der Waals surface area (Å²) in [6, 6.07) is 5.25. The fourth-order valence-electron chi connectivity index (χ4n) is 8.56. The van der Waals surface area contributed by atoms with E-state index in [0.717, 1.165) is 32.1 Å². The number of fused-ring (bicyclic) bond motifs is 4. The predicted molar refractivity (Wildman–Crippen MR) is 150 cm³/mol. The first-order valence-corrected chi connectivity index (χ1v) is 15.4. The van der Waals surface area contributed by atoms with Crippen molar-refractivity contribution in [1.29, 1.82) is 0 Å². The molecule has 4 fully saturated rings. The Balaban J connectivity index is 1.24. The smallest absolute Gasteiger partial charge is 0.345 e. The van der Waals surface area contributed by atoms with E-state index < -0.39 is 40.2 Å². The molecule has 2 aromatic rings. The van der Waals surface area contributed by atoms with Gasteiger partial charge < -0.3 is 23.7 Å². The van der Waals surface area contributed by atoms with Gasteiger partial charge in [-0.3, -0.25) is 14.6 Å². The number of aromatic nitrogens is 1. The van der Waals surface area contributed by atoms with Crippen molar-refractivity contribution in [3.8, 4) is 17.1 Å². The van der Waals surface area contributed by atoms with Crippen LogP contribution >= 0.6 is 0 Å². The van der Waals surface area contributed by atoms with Crippen molar-refractivity contribution >= 4 is 11.9 Å². The summed E-state index contributed by atoms with van der Waals surface area (Å²) >= 11 is 0. The molecule has 224 valence electrons. The average molecular weight is 578 g/mol. The molecule has 2 aromatic heterocycles. The molecule has 1 aliphatic heterocycles. The third-order valence-corrected chi connectivity index (χ3v) is 11.0. The van der Waals surface area contributed by atoms with E-state index >= 15 is 0 Å². The number of aliphatic hydroxyl groups excluding tert-OH is 1. The van der Waals surface area contributed by atoms with Crippen LogP contribution in [0.5, 0.6) is 5.75 Å². The summed E-state index contributed by atoms with van der Waals surface area (Å²) in [7, 11) is 0. The van der Waals surface area contributed by atoms with Gasteiger partial charge in [0.1, 0.15) is 35.4 Å². The van der Waals surface area contributed by atoms with Crippen LogP contribution < -0.4 is 10.4 Å². The molecule has 9 heteroatoms. The van der Waals surface area contributed by atoms with Crippen LogP contribution in [0.3, 0.4) is 0 Å². The van der Waals surface area contributed by atoms with Gasteiger partial charge in [0.05, 0.1) is 17.9 Å². The first kappa shape index (κ1) is 27.6. The van der Waals surface area contributed by atoms with Crippen LogP contribution in [0.4, 0.5) is 0 Å². The van der Waals surface area contributed by atoms with E-state index in [0.29, 0.717) is 36.3 Å². The van der Waals surface area contributed by atoms with E-state index in [9.17, 15) is 19.5 Å². The first-order chi connectivity index (χ1) is 20.0. The minimum absolute atomic E-state index is 0.0351. The van der Waals surface area contributed by atoms with Gasteiger partial charge >= 0.3 is 17.6 Å². The molecule has 1 N–H and O–H groups in total. The lowest BCUT2D eigenvalue weighted by molar-refractivity contribution is -0.240. The third kappa shape index (κ3) is 4.38. The molecular formula is C33H39NO8. The lowest BCUT2D eigenvalue weighted by Crippen LogP contribution is -2.66. The molecule has 42 heavy (non-hydrogen) atoms. The van der Waals surface area contributed by atoms with Crippen LogP contribution in [0.1, 0.15) is 83.8 Å². The Morgan fingerprint density at radius 2 is 1.79 bits per heavy atom. The van der Waals surface area contributed by atoms with Crippen LogP contribution in [0, 0.1) is 34.5 Å². The molecule has 0 bridgehead atoms. The second-order valence-corrected chi connectivity index (χ2v) is 14.0. The lowest BCUT2D eigenvalue weighted by atomic mass is 9.43. The molecule has 9 nitrogen and oxygen atoms in total. The highest BCUT2D eigenvalue weighted by Crippen LogP contribution is 2.67. The van der Waals surface area contributed by atoms with Crippen molar-refractivity contribution in [1.82, 2.24) is 4.98 Å². The zero-order valence-electron chi connectivity index (χ0n) is 24.5. The number of ether oxygens (including phenoxy) is 3. The van der Waals surface area contributed by atoms with Crippen LogP contribution in [0.15, 0.2) is 39.8 Å². The summed E-state index contributed by atoms with van der Waals surface area (Å²) in [5.41, 5.74) is -1.74. The van der Waals surface area contributed by atoms with E-state index in [1.807, 2.05) is 6.92 Å². The van der Waals surface area contributed by atoms with E-state index in [2.05, 4.69) is 18.8 Å². The molecule has 3 unspecified atom stereocenters. The van der Waals surface area contributed by atoms with E-state index in [-0.39, 0.29) is 41.9 Å². The monoisotopic (exact) mass is 577 g/mol. The van der Waals surface area contributed by atoms with Gasteiger partial charge in [0.25, 0.3) is 0 Å². The number of nitrogens with zero attached hydrogens (tertiary/aromatic N) is 1. The fourth-order valence-corrected chi connectivity index (χ4v) is 8.56. The van der Waals surface area contributed by atoms with Gasteiger partial charge in [0.15, 0.2) is 0 Å². The predicted octanol–water partition coefficient (Wildman–Crippen LogP) is 4.99. The van der Waals surface area contributed by atoms with E-state index in [1.54, 1.807) is 30.6 Å². The normalized spacial score (nSPS) is 37.0. The molecule has 5 aliphatic rings. The Kier molecular flexibility index (Phi) is 6.35. The number of carbonyl (C=O) groups excluding carboxylic acids is 2. The Hall–Kier alpha value is -3.20. The topological polar surface area (TPSA) is 125 Å². The Labute approximate surface area is 244 Å². The van der Waals surface area contributed by atoms with Gasteiger partial charge in [-0.2, -0.15) is 0 Å². The Morgan fingerprint density at radius 3 is 2.48 bits per heavy atom. The summed E-state index contributed by atoms with van der Waals surface area (Å²) in [6.45, 7) is 6.40. The minimum atomic E-state index is -1.12. The second-order valence-electron chi connectivity index (χ2n) is 14.0. The number of aliphatic hydroxyl groups is 1. The number of carbonyl (C=O) groups is 2. The standard InChI is InChI=1S/C33H39NO8/c1-31-12-11-24(41-29(37)19-8-9-19)32(2,17-39-28(36)18-6-7-18)23(31)10-13-33(3)27(31)26(35)25-22(42-33)15-21(40-30(25)38)20-5-4-14-34-16-20/h4-5,14-16,18-19,23-24,26-27,35H,6-13,17H2,1-3H3/t23?,24-,26?,27?,31-,32+,33+/m0/s1. The maximum absolute atomic E-state index is 13.4. The van der Waals surface area contributed by atoms with Crippen molar-refractivity contribution < 1.29 is 33.3 Å². The molecule has 7 atom stereocenters. The molecule has 0 saturated heterocycles. The fraction of sp³-hybridized carbons (Fsp3) is 0.636. The Bertz CT molecular complexity index is 1460. The largest absolute Gasteiger partial charge is 0.486 e. The van der Waals surface area contributed by atoms with Gasteiger partial charge in [-0.1, -0.05) is 13.8 Å². The number of pyridine rings is 1. The molecule has 0 amide bonds. The van der Waals surface area contributed by atoms with Gasteiger partial charge in [-0.25, -0.2) is 4.79 Å². The average Bonchev–Trinajstić information content (AvgIpc) is 3.86. The summed E-state index contributed by atoms with van der Waals surface area (Å²) in [5.74, 6) is -0.229. The number of esters is 2. The first-order valence-electron chi connectivity index (χ1n) is 15.4. The lowest BCUT2D eigenvalue weighted by Gasteiger charge is -2.65. The van der Waals surface area contributed by atoms with Gasteiger partial charge in [0, 0.05) is 35.4 Å². The van der Waals surface area contributed by atoms with Crippen LogP contribution in [0.25, 0.3) is 11.3 Å². The highest BCUT2D eigenvalue weighted by atomic mass is 16.6. The highest BCUT2D eigenvalue weighted by molar-refractivity contribution is 5.75. The molecule has 0 aromatic carbocycles. The maximum Gasteiger partial charge on any atom is 0.345 e. The summed E-state index contributed by atoms with van der Waals surface area (Å²) in [6.07, 6.45) is 7.75. The maximum atomic E-state index is 13.4. The van der Waals surface area contributed by atoms with Crippen LogP contribution in [-0.4, -0.2) is 40.3 Å². The molecule has 0 radical (unpaired) electrons. The van der Waals surface area contributed by atoms with Crippen LogP contribution in [-0.2, 0) is 19.1 Å². The van der Waals surface area contributed by atoms with Crippen molar-refractivity contribution in [2.75, 3.05) is 6.61 Å². The SMILES string of the molecule is C[C@]12CC[C@H](OC(=O)C3CC3)[C@](C)(COC(=O)C3CC3)C1CC[C@@]1(C)Oc3cc(-c4cccnc4)oc(=O)c3C(O)C21. The molecule has 4 aliphatic carbocycles. The molecule has 7 rings (SSSR count). The van der Waals surface area contributed by atoms with Gasteiger partial charge in [-0.15, -0.1) is 0 Å². The minimum Gasteiger partial charge on any atom is -0.486 e. The second kappa shape index (κ2) is 9.66. The summed E-state index contributed by atoms with van der Waals surface area (Å²) < 4.78 is 24.4. The van der Waals surface area contributed by atoms with Crippen LogP contribution in [0.2, 0.25) is 0 Å². The third-order valence-electron chi connectivity index (χ3n) is 11.0. The van der Waals surface area contributed by atoms with Crippen molar-refractivity contribution in [3.63, 3.8) is 0 Å². The molecule has 4 saturated carbocycles. The summed E-state index contributed by atoms with van der Waals surface area (Å²) in [5, 5.41) is 12.0. The van der Waals surface area contributed by atoms with Crippen molar-refractivity contribution in [3.05, 3.63) is 46.6 Å². The van der Waals surface area contributed by atoms with E-state index in [4.69, 9.17) is 18.6 Å². The van der Waals surface area contributed by atoms with E-state index in [1.165, 1.54) is 0 Å². The van der Waals surface area contributed by atoms with Gasteiger partial charge in [-0.05, 0) is 81.8 Å². The molecule has 0 spiro atoms. The number of rotatable bonds is 6. The summed E-state index contributed by atoms with van der Waals surface area (Å²) in [4.78, 5) is 43.0. The van der Waals surface area contributed by atoms with Crippen molar-refractivity contribution in [2.24, 2.45) is 34.5 Å². The molecule has 3 heterocycles.